The number of carbonyl (C=O) groups excluding carboxylic acids is 1. The molecular weight excluding hydrogens is 338 g/mol. The second-order valence-corrected chi connectivity index (χ2v) is 8.90. The van der Waals surface area contributed by atoms with Gasteiger partial charge in [-0.1, -0.05) is 12.5 Å². The van der Waals surface area contributed by atoms with E-state index in [1.807, 2.05) is 0 Å². The molecule has 1 amide bonds. The number of aryl methyl sites for hydroxylation is 1. The lowest BCUT2D eigenvalue weighted by Crippen LogP contribution is -2.36. The highest BCUT2D eigenvalue weighted by atomic mass is 32.2. The predicted octanol–water partition coefficient (Wildman–Crippen LogP) is 2.25. The summed E-state index contributed by atoms with van der Waals surface area (Å²) in [6.07, 6.45) is 5.42. The predicted molar refractivity (Wildman–Crippen MR) is 98.1 cm³/mol. The van der Waals surface area contributed by atoms with Gasteiger partial charge in [0.1, 0.15) is 0 Å². The third-order valence-corrected chi connectivity index (χ3v) is 7.04. The van der Waals surface area contributed by atoms with Crippen LogP contribution in [0.15, 0.2) is 23.1 Å². The number of piperidine rings is 1. The molecule has 6 nitrogen and oxygen atoms in total. The molecule has 1 unspecified atom stereocenters. The first-order valence-electron chi connectivity index (χ1n) is 9.11. The van der Waals surface area contributed by atoms with Crippen LogP contribution < -0.4 is 10.6 Å². The van der Waals surface area contributed by atoms with Crippen LogP contribution in [0.1, 0.15) is 44.1 Å². The monoisotopic (exact) mass is 365 g/mol. The standard InChI is InChI=1S/C18H27N3O3S/c1-14-7-8-16(20-18(22)13-15-6-5-9-19-15)12-17(14)25(23,24)21-10-3-2-4-11-21/h7-8,12,15,19H,2-6,9-11,13H2,1H3,(H,20,22). The van der Waals surface area contributed by atoms with Gasteiger partial charge < -0.3 is 10.6 Å². The number of nitrogens with one attached hydrogen (secondary N) is 2. The van der Waals surface area contributed by atoms with Crippen molar-refractivity contribution in [1.29, 1.82) is 0 Å². The van der Waals surface area contributed by atoms with Crippen LogP contribution in [0.5, 0.6) is 0 Å². The summed E-state index contributed by atoms with van der Waals surface area (Å²) in [7, 11) is -3.50. The number of amides is 1. The molecule has 2 fully saturated rings. The summed E-state index contributed by atoms with van der Waals surface area (Å²) >= 11 is 0. The van der Waals surface area contributed by atoms with Gasteiger partial charge in [-0.05, 0) is 56.8 Å². The molecule has 1 aromatic carbocycles. The van der Waals surface area contributed by atoms with E-state index in [1.165, 1.54) is 0 Å². The molecule has 2 aliphatic heterocycles. The third-order valence-electron chi connectivity index (χ3n) is 5.00. The van der Waals surface area contributed by atoms with E-state index >= 15 is 0 Å². The van der Waals surface area contributed by atoms with Crippen molar-refractivity contribution in [3.05, 3.63) is 23.8 Å². The van der Waals surface area contributed by atoms with E-state index in [-0.39, 0.29) is 11.9 Å². The lowest BCUT2D eigenvalue weighted by atomic mass is 10.1. The Bertz CT molecular complexity index is 721. The third kappa shape index (κ3) is 4.40. The maximum absolute atomic E-state index is 12.9. The van der Waals surface area contributed by atoms with E-state index in [0.717, 1.165) is 38.6 Å². The van der Waals surface area contributed by atoms with E-state index in [1.54, 1.807) is 29.4 Å². The molecule has 2 heterocycles. The van der Waals surface area contributed by atoms with Gasteiger partial charge >= 0.3 is 0 Å². The largest absolute Gasteiger partial charge is 0.326 e. The molecule has 25 heavy (non-hydrogen) atoms. The van der Waals surface area contributed by atoms with Crippen molar-refractivity contribution in [2.24, 2.45) is 0 Å². The Balaban J connectivity index is 1.74. The van der Waals surface area contributed by atoms with Crippen molar-refractivity contribution >= 4 is 21.6 Å². The highest BCUT2D eigenvalue weighted by Gasteiger charge is 2.27. The summed E-state index contributed by atoms with van der Waals surface area (Å²) in [5, 5.41) is 6.15. The number of carbonyl (C=O) groups is 1. The molecule has 2 aliphatic rings. The maximum atomic E-state index is 12.9. The van der Waals surface area contributed by atoms with Gasteiger partial charge in [0.25, 0.3) is 0 Å². The Morgan fingerprint density at radius 2 is 2.00 bits per heavy atom. The van der Waals surface area contributed by atoms with Gasteiger partial charge in [-0.15, -0.1) is 0 Å². The van der Waals surface area contributed by atoms with Crippen molar-refractivity contribution in [3.8, 4) is 0 Å². The maximum Gasteiger partial charge on any atom is 0.243 e. The molecule has 7 heteroatoms. The zero-order valence-electron chi connectivity index (χ0n) is 14.8. The molecule has 0 saturated carbocycles. The quantitative estimate of drug-likeness (QED) is 0.839. The van der Waals surface area contributed by atoms with Crippen molar-refractivity contribution in [3.63, 3.8) is 0 Å². The van der Waals surface area contributed by atoms with Crippen molar-refractivity contribution in [2.75, 3.05) is 25.0 Å². The van der Waals surface area contributed by atoms with Gasteiger partial charge in [0.2, 0.25) is 15.9 Å². The first-order chi connectivity index (χ1) is 12.0. The lowest BCUT2D eigenvalue weighted by molar-refractivity contribution is -0.116. The average molecular weight is 365 g/mol. The van der Waals surface area contributed by atoms with E-state index in [4.69, 9.17) is 0 Å². The SMILES string of the molecule is Cc1ccc(NC(=O)CC2CCCN2)cc1S(=O)(=O)N1CCCCC1. The summed E-state index contributed by atoms with van der Waals surface area (Å²) < 4.78 is 27.4. The molecule has 3 rings (SSSR count). The Labute approximate surface area is 150 Å². The van der Waals surface area contributed by atoms with Crippen molar-refractivity contribution in [2.45, 2.75) is 56.4 Å². The fourth-order valence-corrected chi connectivity index (χ4v) is 5.33. The Kier molecular flexibility index (Phi) is 5.76. The molecule has 0 aromatic heterocycles. The topological polar surface area (TPSA) is 78.5 Å². The van der Waals surface area contributed by atoms with Crippen LogP contribution in [0, 0.1) is 6.92 Å². The number of benzene rings is 1. The number of hydrogen-bond acceptors (Lipinski definition) is 4. The van der Waals surface area contributed by atoms with Crippen LogP contribution in [-0.2, 0) is 14.8 Å². The van der Waals surface area contributed by atoms with Crippen LogP contribution in [0.3, 0.4) is 0 Å². The van der Waals surface area contributed by atoms with Gasteiger partial charge in [-0.25, -0.2) is 8.42 Å². The minimum atomic E-state index is -3.50. The number of hydrogen-bond donors (Lipinski definition) is 2. The summed E-state index contributed by atoms with van der Waals surface area (Å²) in [6.45, 7) is 3.91. The Morgan fingerprint density at radius 3 is 2.68 bits per heavy atom. The van der Waals surface area contributed by atoms with E-state index < -0.39 is 10.0 Å². The second-order valence-electron chi connectivity index (χ2n) is 6.99. The molecule has 0 bridgehead atoms. The van der Waals surface area contributed by atoms with Crippen LogP contribution in [0.25, 0.3) is 0 Å². The normalized spacial score (nSPS) is 22.0. The number of sulfonamides is 1. The van der Waals surface area contributed by atoms with Crippen molar-refractivity contribution < 1.29 is 13.2 Å². The molecule has 2 N–H and O–H groups in total. The molecule has 1 atom stereocenters. The second kappa shape index (κ2) is 7.85. The average Bonchev–Trinajstić information content (AvgIpc) is 3.10. The zero-order chi connectivity index (χ0) is 17.9. The summed E-state index contributed by atoms with van der Waals surface area (Å²) in [6, 6.07) is 5.35. The van der Waals surface area contributed by atoms with Gasteiger partial charge in [-0.2, -0.15) is 4.31 Å². The number of nitrogens with zero attached hydrogens (tertiary/aromatic N) is 1. The highest BCUT2D eigenvalue weighted by molar-refractivity contribution is 7.89. The molecule has 138 valence electrons. The van der Waals surface area contributed by atoms with Gasteiger partial charge in [0.05, 0.1) is 4.90 Å². The highest BCUT2D eigenvalue weighted by Crippen LogP contribution is 2.26. The Hall–Kier alpha value is -1.44. The lowest BCUT2D eigenvalue weighted by Gasteiger charge is -2.26. The van der Waals surface area contributed by atoms with Crippen LogP contribution in [-0.4, -0.2) is 44.3 Å². The van der Waals surface area contributed by atoms with E-state index in [9.17, 15) is 13.2 Å². The van der Waals surface area contributed by atoms with E-state index in [0.29, 0.717) is 35.7 Å². The van der Waals surface area contributed by atoms with Crippen LogP contribution >= 0.6 is 0 Å². The summed E-state index contributed by atoms with van der Waals surface area (Å²) in [5.41, 5.74) is 1.25. The fourth-order valence-electron chi connectivity index (χ4n) is 3.57. The molecule has 0 radical (unpaired) electrons. The first kappa shape index (κ1) is 18.4. The Morgan fingerprint density at radius 1 is 1.24 bits per heavy atom. The van der Waals surface area contributed by atoms with Crippen molar-refractivity contribution in [1.82, 2.24) is 9.62 Å². The molecule has 0 aliphatic carbocycles. The number of anilines is 1. The minimum absolute atomic E-state index is 0.0791. The summed E-state index contributed by atoms with van der Waals surface area (Å²) in [4.78, 5) is 12.5. The van der Waals surface area contributed by atoms with Gasteiger partial charge in [-0.3, -0.25) is 4.79 Å². The minimum Gasteiger partial charge on any atom is -0.326 e. The number of rotatable bonds is 5. The first-order valence-corrected chi connectivity index (χ1v) is 10.5. The fraction of sp³-hybridized carbons (Fsp3) is 0.611. The van der Waals surface area contributed by atoms with Crippen LogP contribution in [0.2, 0.25) is 0 Å². The van der Waals surface area contributed by atoms with Crippen LogP contribution in [0.4, 0.5) is 5.69 Å². The molecule has 1 aromatic rings. The smallest absolute Gasteiger partial charge is 0.243 e. The molecule has 2 saturated heterocycles. The van der Waals surface area contributed by atoms with E-state index in [2.05, 4.69) is 10.6 Å². The zero-order valence-corrected chi connectivity index (χ0v) is 15.6. The molecular formula is C18H27N3O3S. The van der Waals surface area contributed by atoms with Gasteiger partial charge in [0.15, 0.2) is 0 Å². The molecule has 0 spiro atoms. The van der Waals surface area contributed by atoms with Gasteiger partial charge in [0, 0.05) is 31.2 Å². The summed E-state index contributed by atoms with van der Waals surface area (Å²) in [5.74, 6) is -0.0791.